The van der Waals surface area contributed by atoms with Crippen molar-refractivity contribution in [2.45, 2.75) is 13.0 Å². The summed E-state index contributed by atoms with van der Waals surface area (Å²) in [6.45, 7) is 4.85. The molecule has 6 nitrogen and oxygen atoms in total. The predicted molar refractivity (Wildman–Crippen MR) is 88.2 cm³/mol. The average molecular weight is 312 g/mol. The van der Waals surface area contributed by atoms with Crippen LogP contribution in [0.3, 0.4) is 0 Å². The number of ether oxygens (including phenoxy) is 1. The van der Waals surface area contributed by atoms with E-state index in [1.54, 1.807) is 9.25 Å². The maximum absolute atomic E-state index is 12.6. The summed E-state index contributed by atoms with van der Waals surface area (Å²) in [5.74, 6) is 0.804. The monoisotopic (exact) mass is 312 g/mol. The Kier molecular flexibility index (Phi) is 3.85. The van der Waals surface area contributed by atoms with Crippen LogP contribution in [-0.2, 0) is 17.7 Å². The van der Waals surface area contributed by atoms with Crippen LogP contribution in [0.15, 0.2) is 29.1 Å². The summed E-state index contributed by atoms with van der Waals surface area (Å²) in [5.41, 5.74) is 2.29. The first-order chi connectivity index (χ1) is 11.3. The van der Waals surface area contributed by atoms with Gasteiger partial charge < -0.3 is 4.74 Å². The van der Waals surface area contributed by atoms with Gasteiger partial charge in [0.05, 0.1) is 19.8 Å². The Bertz CT molecular complexity index is 784. The third-order valence-corrected chi connectivity index (χ3v) is 4.48. The van der Waals surface area contributed by atoms with Gasteiger partial charge in [-0.2, -0.15) is 5.10 Å². The van der Waals surface area contributed by atoms with Gasteiger partial charge in [0.1, 0.15) is 5.82 Å². The molecule has 0 amide bonds. The van der Waals surface area contributed by atoms with E-state index in [0.717, 1.165) is 44.2 Å². The first-order valence-corrected chi connectivity index (χ1v) is 8.06. The van der Waals surface area contributed by atoms with E-state index < -0.39 is 0 Å². The number of nitrogens with zero attached hydrogens (tertiary/aromatic N) is 4. The molecule has 0 unspecified atom stereocenters. The SMILES string of the molecule is O=c1n(CCN2CCOCC2)nc2n1C=Cc1ccccc1C2. The molecule has 0 N–H and O–H groups in total. The maximum atomic E-state index is 12.6. The van der Waals surface area contributed by atoms with Crippen molar-refractivity contribution in [2.75, 3.05) is 32.8 Å². The number of hydrogen-bond donors (Lipinski definition) is 0. The second kappa shape index (κ2) is 6.14. The van der Waals surface area contributed by atoms with Crippen LogP contribution in [0.2, 0.25) is 0 Å². The van der Waals surface area contributed by atoms with Crippen LogP contribution in [0.25, 0.3) is 12.3 Å². The van der Waals surface area contributed by atoms with Crippen molar-refractivity contribution in [1.29, 1.82) is 0 Å². The fraction of sp³-hybridized carbons (Fsp3) is 0.412. The molecular formula is C17H20N4O2. The largest absolute Gasteiger partial charge is 0.379 e. The smallest absolute Gasteiger partial charge is 0.350 e. The second-order valence-corrected chi connectivity index (χ2v) is 5.94. The molecule has 2 aliphatic rings. The van der Waals surface area contributed by atoms with Crippen LogP contribution in [-0.4, -0.2) is 52.1 Å². The number of hydrogen-bond acceptors (Lipinski definition) is 4. The van der Waals surface area contributed by atoms with Crippen molar-refractivity contribution in [1.82, 2.24) is 19.2 Å². The molecule has 23 heavy (non-hydrogen) atoms. The van der Waals surface area contributed by atoms with E-state index in [1.807, 2.05) is 24.4 Å². The molecule has 120 valence electrons. The van der Waals surface area contributed by atoms with Crippen LogP contribution < -0.4 is 5.69 Å². The van der Waals surface area contributed by atoms with Gasteiger partial charge in [0.15, 0.2) is 0 Å². The highest BCUT2D eigenvalue weighted by atomic mass is 16.5. The fourth-order valence-electron chi connectivity index (χ4n) is 3.12. The Balaban J connectivity index is 1.55. The van der Waals surface area contributed by atoms with Gasteiger partial charge in [0.2, 0.25) is 0 Å². The van der Waals surface area contributed by atoms with Gasteiger partial charge in [-0.3, -0.25) is 9.47 Å². The number of benzene rings is 1. The Labute approximate surface area is 134 Å². The van der Waals surface area contributed by atoms with Gasteiger partial charge >= 0.3 is 5.69 Å². The molecule has 2 aromatic rings. The Morgan fingerprint density at radius 3 is 2.83 bits per heavy atom. The lowest BCUT2D eigenvalue weighted by molar-refractivity contribution is 0.0358. The minimum absolute atomic E-state index is 0.0580. The molecule has 0 atom stereocenters. The van der Waals surface area contributed by atoms with E-state index in [4.69, 9.17) is 4.74 Å². The molecule has 0 saturated carbocycles. The van der Waals surface area contributed by atoms with Crippen molar-refractivity contribution in [3.63, 3.8) is 0 Å². The lowest BCUT2D eigenvalue weighted by Crippen LogP contribution is -2.39. The van der Waals surface area contributed by atoms with Crippen LogP contribution >= 0.6 is 0 Å². The molecule has 0 spiro atoms. The maximum Gasteiger partial charge on any atom is 0.350 e. The quantitative estimate of drug-likeness (QED) is 0.721. The zero-order valence-electron chi connectivity index (χ0n) is 13.0. The summed E-state index contributed by atoms with van der Waals surface area (Å²) >= 11 is 0. The Morgan fingerprint density at radius 2 is 1.96 bits per heavy atom. The molecule has 1 fully saturated rings. The molecule has 1 aromatic heterocycles. The average Bonchev–Trinajstić information content (AvgIpc) is 2.77. The molecular weight excluding hydrogens is 292 g/mol. The summed E-state index contributed by atoms with van der Waals surface area (Å²) in [7, 11) is 0. The normalized spacial score (nSPS) is 17.6. The highest BCUT2D eigenvalue weighted by molar-refractivity contribution is 5.65. The van der Waals surface area contributed by atoms with Gasteiger partial charge in [0.25, 0.3) is 0 Å². The molecule has 0 bridgehead atoms. The van der Waals surface area contributed by atoms with E-state index in [1.165, 1.54) is 5.56 Å². The summed E-state index contributed by atoms with van der Waals surface area (Å²) in [6, 6.07) is 8.19. The first kappa shape index (κ1) is 14.4. The number of fused-ring (bicyclic) bond motifs is 2. The standard InChI is InChI=1S/C17H20N4O2/c22-17-20-6-5-14-3-1-2-4-15(14)13-16(20)18-21(17)8-7-19-9-11-23-12-10-19/h1-6H,7-13H2. The van der Waals surface area contributed by atoms with Crippen molar-refractivity contribution in [3.05, 3.63) is 51.7 Å². The molecule has 1 saturated heterocycles. The lowest BCUT2D eigenvalue weighted by atomic mass is 10.1. The second-order valence-electron chi connectivity index (χ2n) is 5.94. The Morgan fingerprint density at radius 1 is 1.13 bits per heavy atom. The molecule has 4 rings (SSSR count). The number of rotatable bonds is 3. The predicted octanol–water partition coefficient (Wildman–Crippen LogP) is 0.909. The van der Waals surface area contributed by atoms with Crippen LogP contribution in [0.1, 0.15) is 17.0 Å². The van der Waals surface area contributed by atoms with Gasteiger partial charge in [0, 0.05) is 32.3 Å². The summed E-state index contributed by atoms with van der Waals surface area (Å²) in [4.78, 5) is 14.9. The highest BCUT2D eigenvalue weighted by Crippen LogP contribution is 2.18. The van der Waals surface area contributed by atoms with Crippen molar-refractivity contribution < 1.29 is 4.74 Å². The van der Waals surface area contributed by atoms with Crippen molar-refractivity contribution in [3.8, 4) is 0 Å². The molecule has 0 radical (unpaired) electrons. The van der Waals surface area contributed by atoms with E-state index in [-0.39, 0.29) is 5.69 Å². The van der Waals surface area contributed by atoms with Crippen molar-refractivity contribution >= 4 is 12.3 Å². The van der Waals surface area contributed by atoms with Crippen LogP contribution in [0, 0.1) is 0 Å². The van der Waals surface area contributed by atoms with E-state index in [2.05, 4.69) is 22.1 Å². The minimum atomic E-state index is -0.0580. The first-order valence-electron chi connectivity index (χ1n) is 8.06. The number of aromatic nitrogens is 3. The molecule has 1 aromatic carbocycles. The Hall–Kier alpha value is -2.18. The fourth-order valence-corrected chi connectivity index (χ4v) is 3.12. The van der Waals surface area contributed by atoms with E-state index >= 15 is 0 Å². The minimum Gasteiger partial charge on any atom is -0.379 e. The summed E-state index contributed by atoms with van der Waals surface area (Å²) in [6.07, 6.45) is 4.51. The third-order valence-electron chi connectivity index (χ3n) is 4.48. The van der Waals surface area contributed by atoms with E-state index in [9.17, 15) is 4.79 Å². The van der Waals surface area contributed by atoms with E-state index in [0.29, 0.717) is 13.0 Å². The van der Waals surface area contributed by atoms with Crippen LogP contribution in [0.4, 0.5) is 0 Å². The molecule has 0 aliphatic carbocycles. The summed E-state index contributed by atoms with van der Waals surface area (Å²) < 4.78 is 8.60. The van der Waals surface area contributed by atoms with Crippen LogP contribution in [0.5, 0.6) is 0 Å². The van der Waals surface area contributed by atoms with Gasteiger partial charge in [-0.05, 0) is 17.2 Å². The van der Waals surface area contributed by atoms with Gasteiger partial charge in [-0.25, -0.2) is 9.48 Å². The molecule has 3 heterocycles. The molecule has 6 heteroatoms. The lowest BCUT2D eigenvalue weighted by Gasteiger charge is -2.26. The zero-order chi connectivity index (χ0) is 15.6. The topological polar surface area (TPSA) is 52.3 Å². The van der Waals surface area contributed by atoms with Gasteiger partial charge in [-0.1, -0.05) is 24.3 Å². The van der Waals surface area contributed by atoms with Gasteiger partial charge in [-0.15, -0.1) is 0 Å². The van der Waals surface area contributed by atoms with Crippen molar-refractivity contribution in [2.24, 2.45) is 0 Å². The third kappa shape index (κ3) is 2.87. The molecule has 2 aliphatic heterocycles. The highest BCUT2D eigenvalue weighted by Gasteiger charge is 2.17. The summed E-state index contributed by atoms with van der Waals surface area (Å²) in [5, 5.41) is 4.55. The number of morpholine rings is 1. The zero-order valence-corrected chi connectivity index (χ0v) is 13.0.